The standard InChI is InChI=1S/C22H21N3O4S/c1-15-11-12-17(13-21(15)25-30(28,29)20-9-4-3-5-10-20)22(27)24-19-8-6-7-18(14-19)23-16(2)26/h3-14,25H,1-2H3,(H,23,26)(H,24,27). The molecule has 3 aromatic rings. The van der Waals surface area contributed by atoms with E-state index >= 15 is 0 Å². The van der Waals surface area contributed by atoms with E-state index in [1.165, 1.54) is 25.1 Å². The molecule has 3 rings (SSSR count). The lowest BCUT2D eigenvalue weighted by molar-refractivity contribution is -0.114. The van der Waals surface area contributed by atoms with Crippen LogP contribution < -0.4 is 15.4 Å². The van der Waals surface area contributed by atoms with Crippen LogP contribution in [0.2, 0.25) is 0 Å². The highest BCUT2D eigenvalue weighted by atomic mass is 32.2. The molecule has 0 heterocycles. The molecule has 7 nitrogen and oxygen atoms in total. The molecule has 0 bridgehead atoms. The van der Waals surface area contributed by atoms with E-state index in [2.05, 4.69) is 15.4 Å². The number of aryl methyl sites for hydroxylation is 1. The van der Waals surface area contributed by atoms with Gasteiger partial charge in [-0.15, -0.1) is 0 Å². The molecule has 2 amide bonds. The zero-order valence-corrected chi connectivity index (χ0v) is 17.3. The van der Waals surface area contributed by atoms with Gasteiger partial charge in [0.25, 0.3) is 15.9 Å². The van der Waals surface area contributed by atoms with Gasteiger partial charge in [-0.2, -0.15) is 0 Å². The zero-order valence-electron chi connectivity index (χ0n) is 16.5. The molecule has 3 aromatic carbocycles. The Morgan fingerprint density at radius 1 is 0.800 bits per heavy atom. The molecule has 3 N–H and O–H groups in total. The second kappa shape index (κ2) is 8.79. The first-order valence-electron chi connectivity index (χ1n) is 9.12. The van der Waals surface area contributed by atoms with E-state index < -0.39 is 15.9 Å². The monoisotopic (exact) mass is 423 g/mol. The van der Waals surface area contributed by atoms with E-state index in [4.69, 9.17) is 0 Å². The van der Waals surface area contributed by atoms with Gasteiger partial charge in [-0.25, -0.2) is 8.42 Å². The molecule has 8 heteroatoms. The number of amides is 2. The van der Waals surface area contributed by atoms with Crippen LogP contribution in [-0.2, 0) is 14.8 Å². The largest absolute Gasteiger partial charge is 0.326 e. The van der Waals surface area contributed by atoms with Crippen molar-refractivity contribution < 1.29 is 18.0 Å². The predicted molar refractivity (Wildman–Crippen MR) is 117 cm³/mol. The summed E-state index contributed by atoms with van der Waals surface area (Å²) in [6.07, 6.45) is 0. The smallest absolute Gasteiger partial charge is 0.261 e. The molecule has 0 aromatic heterocycles. The Hall–Kier alpha value is -3.65. The average Bonchev–Trinajstić information content (AvgIpc) is 2.70. The lowest BCUT2D eigenvalue weighted by atomic mass is 10.1. The van der Waals surface area contributed by atoms with Gasteiger partial charge >= 0.3 is 0 Å². The van der Waals surface area contributed by atoms with E-state index in [-0.39, 0.29) is 16.4 Å². The van der Waals surface area contributed by atoms with Crippen LogP contribution in [-0.4, -0.2) is 20.2 Å². The number of sulfonamides is 1. The number of nitrogens with one attached hydrogen (secondary N) is 3. The lowest BCUT2D eigenvalue weighted by Gasteiger charge is -2.13. The summed E-state index contributed by atoms with van der Waals surface area (Å²) >= 11 is 0. The minimum atomic E-state index is -3.78. The Morgan fingerprint density at radius 2 is 1.47 bits per heavy atom. The van der Waals surface area contributed by atoms with Crippen molar-refractivity contribution in [1.29, 1.82) is 0 Å². The van der Waals surface area contributed by atoms with Gasteiger partial charge in [-0.1, -0.05) is 30.3 Å². The molecule has 0 aliphatic heterocycles. The molecular formula is C22H21N3O4S. The highest BCUT2D eigenvalue weighted by molar-refractivity contribution is 7.92. The Labute approximate surface area is 175 Å². The van der Waals surface area contributed by atoms with Crippen LogP contribution in [0.25, 0.3) is 0 Å². The highest BCUT2D eigenvalue weighted by Gasteiger charge is 2.16. The molecule has 0 atom stereocenters. The van der Waals surface area contributed by atoms with Crippen molar-refractivity contribution in [3.8, 4) is 0 Å². The SMILES string of the molecule is CC(=O)Nc1cccc(NC(=O)c2ccc(C)c(NS(=O)(=O)c3ccccc3)c2)c1. The summed E-state index contributed by atoms with van der Waals surface area (Å²) in [6, 6.07) is 19.5. The van der Waals surface area contributed by atoms with Crippen LogP contribution in [0.3, 0.4) is 0 Å². The van der Waals surface area contributed by atoms with Gasteiger partial charge in [0.1, 0.15) is 0 Å². The minimum Gasteiger partial charge on any atom is -0.326 e. The third kappa shape index (κ3) is 5.24. The normalized spacial score (nSPS) is 10.9. The summed E-state index contributed by atoms with van der Waals surface area (Å²) in [5, 5.41) is 5.39. The molecule has 0 saturated carbocycles. The third-order valence-corrected chi connectivity index (χ3v) is 5.62. The van der Waals surface area contributed by atoms with Gasteiger partial charge in [0, 0.05) is 23.9 Å². The van der Waals surface area contributed by atoms with E-state index in [0.29, 0.717) is 22.6 Å². The zero-order chi connectivity index (χ0) is 21.7. The number of rotatable bonds is 6. The first-order chi connectivity index (χ1) is 14.2. The molecule has 0 unspecified atom stereocenters. The van der Waals surface area contributed by atoms with Crippen molar-refractivity contribution in [2.45, 2.75) is 18.7 Å². The van der Waals surface area contributed by atoms with Gasteiger partial charge < -0.3 is 10.6 Å². The fourth-order valence-corrected chi connectivity index (χ4v) is 3.90. The van der Waals surface area contributed by atoms with Gasteiger partial charge in [0.05, 0.1) is 10.6 Å². The first kappa shape index (κ1) is 21.1. The van der Waals surface area contributed by atoms with E-state index in [1.807, 2.05) is 0 Å². The molecule has 0 aliphatic rings. The summed E-state index contributed by atoms with van der Waals surface area (Å²) in [6.45, 7) is 3.15. The number of carbonyl (C=O) groups is 2. The van der Waals surface area contributed by atoms with E-state index in [0.717, 1.165) is 0 Å². The quantitative estimate of drug-likeness (QED) is 0.557. The maximum atomic E-state index is 12.7. The average molecular weight is 423 g/mol. The van der Waals surface area contributed by atoms with Crippen LogP contribution in [0.4, 0.5) is 17.1 Å². The molecule has 0 fully saturated rings. The molecule has 30 heavy (non-hydrogen) atoms. The molecule has 0 spiro atoms. The van der Waals surface area contributed by atoms with Gasteiger partial charge in [-0.3, -0.25) is 14.3 Å². The Kier molecular flexibility index (Phi) is 6.17. The summed E-state index contributed by atoms with van der Waals surface area (Å²) in [5.74, 6) is -0.623. The highest BCUT2D eigenvalue weighted by Crippen LogP contribution is 2.22. The Morgan fingerprint density at radius 3 is 2.13 bits per heavy atom. The van der Waals surface area contributed by atoms with Crippen LogP contribution in [0.15, 0.2) is 77.7 Å². The number of anilines is 3. The number of carbonyl (C=O) groups excluding carboxylic acids is 2. The molecular weight excluding hydrogens is 402 g/mol. The Balaban J connectivity index is 1.81. The topological polar surface area (TPSA) is 104 Å². The summed E-state index contributed by atoms with van der Waals surface area (Å²) < 4.78 is 27.7. The van der Waals surface area contributed by atoms with Crippen LogP contribution >= 0.6 is 0 Å². The summed E-state index contributed by atoms with van der Waals surface area (Å²) in [5.41, 5.74) is 2.34. The second-order valence-electron chi connectivity index (χ2n) is 6.66. The fourth-order valence-electron chi connectivity index (χ4n) is 2.76. The van der Waals surface area contributed by atoms with Crippen molar-refractivity contribution in [1.82, 2.24) is 0 Å². The number of hydrogen-bond donors (Lipinski definition) is 3. The predicted octanol–water partition coefficient (Wildman–Crippen LogP) is 4.01. The van der Waals surface area contributed by atoms with Crippen molar-refractivity contribution in [2.75, 3.05) is 15.4 Å². The van der Waals surface area contributed by atoms with Crippen molar-refractivity contribution in [2.24, 2.45) is 0 Å². The van der Waals surface area contributed by atoms with Crippen LogP contribution in [0, 0.1) is 6.92 Å². The summed E-state index contributed by atoms with van der Waals surface area (Å²) in [4.78, 5) is 24.0. The third-order valence-electron chi connectivity index (χ3n) is 4.24. The second-order valence-corrected chi connectivity index (χ2v) is 8.35. The van der Waals surface area contributed by atoms with Gasteiger partial charge in [-0.05, 0) is 55.0 Å². The maximum Gasteiger partial charge on any atom is 0.261 e. The Bertz CT molecular complexity index is 1190. The summed E-state index contributed by atoms with van der Waals surface area (Å²) in [7, 11) is -3.78. The minimum absolute atomic E-state index is 0.133. The van der Waals surface area contributed by atoms with Crippen LogP contribution in [0.1, 0.15) is 22.8 Å². The fraction of sp³-hybridized carbons (Fsp3) is 0.0909. The molecule has 0 aliphatic carbocycles. The van der Waals surface area contributed by atoms with Crippen molar-refractivity contribution in [3.05, 3.63) is 83.9 Å². The maximum absolute atomic E-state index is 12.7. The van der Waals surface area contributed by atoms with E-state index in [9.17, 15) is 18.0 Å². The van der Waals surface area contributed by atoms with Crippen LogP contribution in [0.5, 0.6) is 0 Å². The molecule has 0 saturated heterocycles. The van der Waals surface area contributed by atoms with Crippen molar-refractivity contribution in [3.63, 3.8) is 0 Å². The van der Waals surface area contributed by atoms with Crippen molar-refractivity contribution >= 4 is 38.9 Å². The first-order valence-corrected chi connectivity index (χ1v) is 10.6. The number of benzene rings is 3. The molecule has 0 radical (unpaired) electrons. The van der Waals surface area contributed by atoms with Gasteiger partial charge in [0.15, 0.2) is 0 Å². The van der Waals surface area contributed by atoms with E-state index in [1.54, 1.807) is 61.5 Å². The lowest BCUT2D eigenvalue weighted by Crippen LogP contribution is -2.16. The molecule has 154 valence electrons. The van der Waals surface area contributed by atoms with Gasteiger partial charge in [0.2, 0.25) is 5.91 Å². The number of hydrogen-bond acceptors (Lipinski definition) is 4.